The summed E-state index contributed by atoms with van der Waals surface area (Å²) in [5, 5.41) is 3.07. The molecule has 0 radical (unpaired) electrons. The number of piperazine rings is 1. The summed E-state index contributed by atoms with van der Waals surface area (Å²) in [4.78, 5) is 26.3. The molecule has 184 valence electrons. The molecule has 0 spiro atoms. The number of halogens is 1. The van der Waals surface area contributed by atoms with Gasteiger partial charge in [-0.2, -0.15) is 0 Å². The van der Waals surface area contributed by atoms with Gasteiger partial charge in [-0.25, -0.2) is 24.3 Å². The molecule has 35 heavy (non-hydrogen) atoms. The minimum atomic E-state index is -0.553. The Hall–Kier alpha value is -3.50. The van der Waals surface area contributed by atoms with Crippen molar-refractivity contribution in [3.63, 3.8) is 0 Å². The van der Waals surface area contributed by atoms with Crippen LogP contribution >= 0.6 is 0 Å². The van der Waals surface area contributed by atoms with Crippen LogP contribution < -0.4 is 11.1 Å². The number of rotatable bonds is 7. The standard InChI is InChI=1S/C25H32FN9/c1-16(2)22(28-3)19-11-18(13-30-24(19)27)23-20(26)14-31-25(33-23)32-21-6-5-17(12-29-21)15-35-9-7-34(4)8-10-35/h5-6,11-14,16H,7-10,15H2,1-4H3,(H2,27,30)(H,29,31,32,33). The highest BCUT2D eigenvalue weighted by molar-refractivity contribution is 6.05. The van der Waals surface area contributed by atoms with Gasteiger partial charge in [0.15, 0.2) is 5.82 Å². The maximum absolute atomic E-state index is 14.7. The highest BCUT2D eigenvalue weighted by Gasteiger charge is 2.17. The van der Waals surface area contributed by atoms with Crippen LogP contribution in [0.5, 0.6) is 0 Å². The lowest BCUT2D eigenvalue weighted by molar-refractivity contribution is 0.148. The van der Waals surface area contributed by atoms with Gasteiger partial charge in [0.25, 0.3) is 0 Å². The van der Waals surface area contributed by atoms with Crippen molar-refractivity contribution in [1.82, 2.24) is 29.7 Å². The first-order valence-corrected chi connectivity index (χ1v) is 11.7. The molecule has 4 rings (SSSR count). The molecule has 10 heteroatoms. The van der Waals surface area contributed by atoms with Crippen molar-refractivity contribution in [3.05, 3.63) is 53.7 Å². The van der Waals surface area contributed by atoms with E-state index in [1.54, 1.807) is 13.1 Å². The lowest BCUT2D eigenvalue weighted by Crippen LogP contribution is -2.43. The van der Waals surface area contributed by atoms with Crippen molar-refractivity contribution in [2.75, 3.05) is 51.3 Å². The smallest absolute Gasteiger partial charge is 0.229 e. The molecule has 1 aliphatic rings. The van der Waals surface area contributed by atoms with E-state index in [2.05, 4.69) is 47.1 Å². The molecule has 0 atom stereocenters. The van der Waals surface area contributed by atoms with Gasteiger partial charge < -0.3 is 16.0 Å². The van der Waals surface area contributed by atoms with Gasteiger partial charge in [0.1, 0.15) is 17.3 Å². The van der Waals surface area contributed by atoms with Gasteiger partial charge in [-0.3, -0.25) is 9.89 Å². The summed E-state index contributed by atoms with van der Waals surface area (Å²) in [6, 6.07) is 5.68. The van der Waals surface area contributed by atoms with Crippen LogP contribution in [0.2, 0.25) is 0 Å². The topological polar surface area (TPSA) is 108 Å². The largest absolute Gasteiger partial charge is 0.383 e. The Morgan fingerprint density at radius 3 is 2.54 bits per heavy atom. The van der Waals surface area contributed by atoms with Crippen LogP contribution in [0.4, 0.5) is 22.0 Å². The molecule has 0 saturated carbocycles. The SMILES string of the molecule is CN=C(c1cc(-c2nc(Nc3ccc(CN4CCN(C)CC4)cn3)ncc2F)cnc1N)C(C)C. The van der Waals surface area contributed by atoms with E-state index in [0.717, 1.165) is 50.2 Å². The van der Waals surface area contributed by atoms with Gasteiger partial charge >= 0.3 is 0 Å². The van der Waals surface area contributed by atoms with E-state index in [0.29, 0.717) is 22.8 Å². The van der Waals surface area contributed by atoms with Crippen LogP contribution in [-0.2, 0) is 6.54 Å². The number of nitrogen functional groups attached to an aromatic ring is 1. The molecule has 0 amide bonds. The fourth-order valence-electron chi connectivity index (χ4n) is 4.10. The van der Waals surface area contributed by atoms with Crippen LogP contribution in [-0.4, -0.2) is 75.7 Å². The summed E-state index contributed by atoms with van der Waals surface area (Å²) in [5.41, 5.74) is 9.31. The number of aliphatic imine (C=N–C) groups is 1. The maximum Gasteiger partial charge on any atom is 0.229 e. The molecule has 0 unspecified atom stereocenters. The first kappa shape index (κ1) is 24.6. The molecule has 0 aromatic carbocycles. The molecule has 3 N–H and O–H groups in total. The van der Waals surface area contributed by atoms with E-state index in [-0.39, 0.29) is 17.6 Å². The number of nitrogens with one attached hydrogen (secondary N) is 1. The van der Waals surface area contributed by atoms with E-state index >= 15 is 0 Å². The van der Waals surface area contributed by atoms with Crippen LogP contribution in [0.3, 0.4) is 0 Å². The number of nitrogens with zero attached hydrogens (tertiary/aromatic N) is 7. The third-order valence-electron chi connectivity index (χ3n) is 6.07. The van der Waals surface area contributed by atoms with Gasteiger partial charge in [0, 0.05) is 69.0 Å². The molecule has 1 aliphatic heterocycles. The second-order valence-electron chi connectivity index (χ2n) is 9.07. The molecular weight excluding hydrogens is 445 g/mol. The van der Waals surface area contributed by atoms with E-state index in [1.807, 2.05) is 32.2 Å². The monoisotopic (exact) mass is 477 g/mol. The Kier molecular flexibility index (Phi) is 7.62. The summed E-state index contributed by atoms with van der Waals surface area (Å²) < 4.78 is 14.7. The second-order valence-corrected chi connectivity index (χ2v) is 9.07. The van der Waals surface area contributed by atoms with Crippen LogP contribution in [0.1, 0.15) is 25.0 Å². The summed E-state index contributed by atoms with van der Waals surface area (Å²) >= 11 is 0. The van der Waals surface area contributed by atoms with Gasteiger partial charge in [0.05, 0.1) is 6.20 Å². The zero-order chi connectivity index (χ0) is 24.9. The number of hydrogen-bond donors (Lipinski definition) is 2. The molecular formula is C25H32FN9. The fraction of sp³-hybridized carbons (Fsp3) is 0.400. The predicted octanol–water partition coefficient (Wildman–Crippen LogP) is 3.22. The van der Waals surface area contributed by atoms with Crippen molar-refractivity contribution in [3.8, 4) is 11.3 Å². The van der Waals surface area contributed by atoms with Crippen LogP contribution in [0.25, 0.3) is 11.3 Å². The minimum Gasteiger partial charge on any atom is -0.383 e. The first-order chi connectivity index (χ1) is 16.8. The summed E-state index contributed by atoms with van der Waals surface area (Å²) in [6.45, 7) is 9.15. The normalized spacial score (nSPS) is 15.5. The lowest BCUT2D eigenvalue weighted by Gasteiger charge is -2.32. The number of anilines is 3. The van der Waals surface area contributed by atoms with Crippen molar-refractivity contribution in [2.24, 2.45) is 10.9 Å². The summed E-state index contributed by atoms with van der Waals surface area (Å²) in [5.74, 6) is 0.755. The highest BCUT2D eigenvalue weighted by atomic mass is 19.1. The van der Waals surface area contributed by atoms with Crippen molar-refractivity contribution < 1.29 is 4.39 Å². The summed E-state index contributed by atoms with van der Waals surface area (Å²) in [6.07, 6.45) is 4.49. The van der Waals surface area contributed by atoms with Gasteiger partial charge in [-0.1, -0.05) is 19.9 Å². The Morgan fingerprint density at radius 2 is 1.89 bits per heavy atom. The molecule has 3 aromatic rings. The highest BCUT2D eigenvalue weighted by Crippen LogP contribution is 2.26. The Bertz CT molecular complexity index is 1190. The molecule has 9 nitrogen and oxygen atoms in total. The Labute approximate surface area is 205 Å². The lowest BCUT2D eigenvalue weighted by atomic mass is 9.98. The average Bonchev–Trinajstić information content (AvgIpc) is 2.84. The van der Waals surface area contributed by atoms with E-state index in [4.69, 9.17) is 5.73 Å². The molecule has 0 bridgehead atoms. The second kappa shape index (κ2) is 10.8. The van der Waals surface area contributed by atoms with Gasteiger partial charge in [-0.05, 0) is 30.7 Å². The van der Waals surface area contributed by atoms with Gasteiger partial charge in [-0.15, -0.1) is 0 Å². The number of pyridine rings is 2. The third kappa shape index (κ3) is 5.95. The third-order valence-corrected chi connectivity index (χ3v) is 6.07. The molecule has 1 fully saturated rings. The average molecular weight is 478 g/mol. The zero-order valence-corrected chi connectivity index (χ0v) is 20.7. The van der Waals surface area contributed by atoms with Gasteiger partial charge in [0.2, 0.25) is 5.95 Å². The number of likely N-dealkylation sites (N-methyl/N-ethyl adjacent to an activating group) is 1. The maximum atomic E-state index is 14.7. The number of nitrogens with two attached hydrogens (primary N) is 1. The van der Waals surface area contributed by atoms with E-state index in [1.165, 1.54) is 6.20 Å². The predicted molar refractivity (Wildman–Crippen MR) is 137 cm³/mol. The van der Waals surface area contributed by atoms with Crippen molar-refractivity contribution in [2.45, 2.75) is 20.4 Å². The van der Waals surface area contributed by atoms with Crippen molar-refractivity contribution >= 4 is 23.3 Å². The number of hydrogen-bond acceptors (Lipinski definition) is 9. The first-order valence-electron chi connectivity index (χ1n) is 11.7. The Morgan fingerprint density at radius 1 is 1.11 bits per heavy atom. The molecule has 3 aromatic heterocycles. The summed E-state index contributed by atoms with van der Waals surface area (Å²) in [7, 11) is 3.85. The van der Waals surface area contributed by atoms with Crippen LogP contribution in [0.15, 0.2) is 41.8 Å². The zero-order valence-electron chi connectivity index (χ0n) is 20.7. The fourth-order valence-corrected chi connectivity index (χ4v) is 4.10. The van der Waals surface area contributed by atoms with Crippen LogP contribution in [0, 0.1) is 11.7 Å². The minimum absolute atomic E-state index is 0.127. The molecule has 0 aliphatic carbocycles. The van der Waals surface area contributed by atoms with E-state index < -0.39 is 5.82 Å². The molecule has 4 heterocycles. The van der Waals surface area contributed by atoms with E-state index in [9.17, 15) is 4.39 Å². The molecule has 1 saturated heterocycles. The quantitative estimate of drug-likeness (QED) is 0.500. The number of aromatic nitrogens is 4. The Balaban J connectivity index is 1.51. The van der Waals surface area contributed by atoms with Crippen molar-refractivity contribution in [1.29, 1.82) is 0 Å².